The van der Waals surface area contributed by atoms with Crippen LogP contribution in [-0.2, 0) is 9.59 Å². The van der Waals surface area contributed by atoms with E-state index in [4.69, 9.17) is 0 Å². The summed E-state index contributed by atoms with van der Waals surface area (Å²) in [7, 11) is 1.76. The number of aliphatic hydroxyl groups excluding tert-OH is 1. The summed E-state index contributed by atoms with van der Waals surface area (Å²) in [6.45, 7) is 1.35. The molecule has 1 aromatic heterocycles. The van der Waals surface area contributed by atoms with Gasteiger partial charge in [-0.05, 0) is 18.9 Å². The van der Waals surface area contributed by atoms with Crippen LogP contribution in [0.3, 0.4) is 0 Å². The highest BCUT2D eigenvalue weighted by molar-refractivity contribution is 5.90. The van der Waals surface area contributed by atoms with Crippen molar-refractivity contribution in [3.8, 4) is 0 Å². The third-order valence-corrected chi connectivity index (χ3v) is 5.88. The number of aldehydes is 1. The second kappa shape index (κ2) is 7.71. The quantitative estimate of drug-likeness (QED) is 0.303. The molecule has 29 heavy (non-hydrogen) atoms. The number of hydrogen-bond acceptors (Lipinski definition) is 5. The molecule has 4 N–H and O–H groups in total. The van der Waals surface area contributed by atoms with E-state index in [0.29, 0.717) is 30.7 Å². The Bertz CT molecular complexity index is 1090. The van der Waals surface area contributed by atoms with E-state index in [9.17, 15) is 14.7 Å². The molecule has 0 saturated carbocycles. The molecule has 2 fully saturated rings. The maximum Gasteiger partial charge on any atom is 0.230 e. The summed E-state index contributed by atoms with van der Waals surface area (Å²) in [5.74, 6) is 0.557. The number of aromatic nitrogens is 1. The number of piperidine rings is 1. The molecule has 2 atom stereocenters. The van der Waals surface area contributed by atoms with Gasteiger partial charge in [-0.15, -0.1) is 0 Å². The van der Waals surface area contributed by atoms with Gasteiger partial charge in [0.25, 0.3) is 0 Å². The predicted molar refractivity (Wildman–Crippen MR) is 111 cm³/mol. The minimum atomic E-state index is -0.834. The molecular weight excluding hydrogens is 370 g/mol. The number of amides is 1. The number of aliphatic hydroxyl groups is 1. The lowest BCUT2D eigenvalue weighted by atomic mass is 9.76. The van der Waals surface area contributed by atoms with Gasteiger partial charge >= 0.3 is 0 Å². The first-order valence-corrected chi connectivity index (χ1v) is 9.78. The van der Waals surface area contributed by atoms with Crippen molar-refractivity contribution in [2.45, 2.75) is 18.9 Å². The Kier molecular flexibility index (Phi) is 5.10. The molecule has 1 aromatic carbocycles. The average molecular weight is 395 g/mol. The van der Waals surface area contributed by atoms with Gasteiger partial charge in [0.05, 0.1) is 28.4 Å². The van der Waals surface area contributed by atoms with Crippen LogP contribution in [0.1, 0.15) is 12.8 Å². The Labute approximate surface area is 168 Å². The Morgan fingerprint density at radius 3 is 2.97 bits per heavy atom. The molecule has 4 rings (SSSR count). The minimum Gasteiger partial charge on any atom is -0.390 e. The van der Waals surface area contributed by atoms with E-state index in [-0.39, 0.29) is 12.5 Å². The van der Waals surface area contributed by atoms with Crippen molar-refractivity contribution < 1.29 is 14.7 Å². The highest BCUT2D eigenvalue weighted by atomic mass is 16.3. The van der Waals surface area contributed by atoms with Gasteiger partial charge in [-0.3, -0.25) is 9.59 Å². The molecule has 2 aromatic rings. The molecule has 3 heterocycles. The first-order chi connectivity index (χ1) is 14.1. The summed E-state index contributed by atoms with van der Waals surface area (Å²) in [5, 5.41) is 18.7. The largest absolute Gasteiger partial charge is 0.390 e. The summed E-state index contributed by atoms with van der Waals surface area (Å²) in [6, 6.07) is 7.80. The number of likely N-dealkylation sites (tertiary alicyclic amines) is 1. The number of rotatable bonds is 4. The zero-order valence-electron chi connectivity index (χ0n) is 16.3. The molecule has 8 nitrogen and oxygen atoms in total. The zero-order chi connectivity index (χ0) is 20.4. The van der Waals surface area contributed by atoms with E-state index in [1.165, 1.54) is 6.08 Å². The minimum absolute atomic E-state index is 0.106. The predicted octanol–water partition coefficient (Wildman–Crippen LogP) is -0.966. The van der Waals surface area contributed by atoms with Crippen molar-refractivity contribution in [2.24, 2.45) is 10.4 Å². The Morgan fingerprint density at radius 1 is 1.41 bits per heavy atom. The number of fused-ring (bicyclic) bond motifs is 1. The normalized spacial score (nSPS) is 26.4. The summed E-state index contributed by atoms with van der Waals surface area (Å²) >= 11 is 0. The van der Waals surface area contributed by atoms with Gasteiger partial charge in [0, 0.05) is 43.7 Å². The molecule has 152 valence electrons. The first kappa shape index (κ1) is 19.2. The van der Waals surface area contributed by atoms with Crippen molar-refractivity contribution in [1.29, 1.82) is 0 Å². The molecule has 8 heteroatoms. The number of β-amino-alcohol motifs (C(OH)–C–C–N with tert-alkyl or cyclic N) is 1. The van der Waals surface area contributed by atoms with Gasteiger partial charge in [0.1, 0.15) is 12.1 Å². The Morgan fingerprint density at radius 2 is 2.24 bits per heavy atom. The van der Waals surface area contributed by atoms with Gasteiger partial charge in [0.15, 0.2) is 0 Å². The highest BCUT2D eigenvalue weighted by Crippen LogP contribution is 2.38. The molecule has 0 unspecified atom stereocenters. The lowest BCUT2D eigenvalue weighted by Gasteiger charge is -2.41. The molecule has 0 radical (unpaired) electrons. The first-order valence-electron chi connectivity index (χ1n) is 9.78. The zero-order valence-corrected chi connectivity index (χ0v) is 16.3. The number of carbonyl (C=O) groups is 2. The van der Waals surface area contributed by atoms with Gasteiger partial charge in [-0.1, -0.05) is 18.2 Å². The van der Waals surface area contributed by atoms with Crippen molar-refractivity contribution in [3.05, 3.63) is 34.8 Å². The summed E-state index contributed by atoms with van der Waals surface area (Å²) in [5.41, 5.74) is 0.0670. The van der Waals surface area contributed by atoms with E-state index in [1.807, 2.05) is 29.2 Å². The number of hydrogen-bond donors (Lipinski definition) is 4. The fourth-order valence-electron chi connectivity index (χ4n) is 4.46. The topological polar surface area (TPSA) is 110 Å². The fourth-order valence-corrected chi connectivity index (χ4v) is 4.46. The van der Waals surface area contributed by atoms with E-state index in [1.54, 1.807) is 13.4 Å². The standard InChI is InChI=1S/C21H25N5O3/c1-22-13-24-19(18-14-5-2-3-6-15(14)25-16(18)7-10-27)26-9-4-8-21(12-26)17(28)11-23-20(21)29/h2-3,5-7,10,13,17,25,28H,4,8-9,11-12H2,1H3,(H,22,24)(H,23,29)/b16-7-,19-18+/t17-,21+/m1/s1. The van der Waals surface area contributed by atoms with Crippen LogP contribution in [0.25, 0.3) is 22.8 Å². The van der Waals surface area contributed by atoms with Crippen molar-refractivity contribution in [2.75, 3.05) is 26.7 Å². The van der Waals surface area contributed by atoms with Crippen LogP contribution in [-0.4, -0.2) is 66.3 Å². The average Bonchev–Trinajstić information content (AvgIpc) is 3.22. The van der Waals surface area contributed by atoms with Crippen LogP contribution >= 0.6 is 0 Å². The summed E-state index contributed by atoms with van der Waals surface area (Å²) < 4.78 is 0. The van der Waals surface area contributed by atoms with Crippen LogP contribution in [0.2, 0.25) is 0 Å². The monoisotopic (exact) mass is 395 g/mol. The summed E-state index contributed by atoms with van der Waals surface area (Å²) in [4.78, 5) is 33.8. The van der Waals surface area contributed by atoms with Gasteiger partial charge in [0.2, 0.25) is 5.91 Å². The van der Waals surface area contributed by atoms with E-state index >= 15 is 0 Å². The molecule has 0 aliphatic carbocycles. The van der Waals surface area contributed by atoms with Gasteiger partial charge in [-0.25, -0.2) is 4.99 Å². The number of nitrogens with one attached hydrogen (secondary N) is 3. The smallest absolute Gasteiger partial charge is 0.230 e. The molecule has 1 spiro atoms. The van der Waals surface area contributed by atoms with E-state index in [2.05, 4.69) is 20.6 Å². The number of benzene rings is 1. The highest BCUT2D eigenvalue weighted by Gasteiger charge is 2.52. The number of para-hydroxylation sites is 1. The van der Waals surface area contributed by atoms with Crippen LogP contribution < -0.4 is 21.2 Å². The number of aliphatic imine (C=N–C) groups is 1. The Hall–Kier alpha value is -3.13. The molecule has 2 aliphatic rings. The van der Waals surface area contributed by atoms with Crippen LogP contribution in [0.15, 0.2) is 29.3 Å². The fraction of sp³-hybridized carbons (Fsp3) is 0.381. The number of H-pyrrole nitrogens is 1. The van der Waals surface area contributed by atoms with Gasteiger partial charge in [-0.2, -0.15) is 0 Å². The SMILES string of the molecule is CN\C=N/C(=c1\c(=C\C=O)[nH]c2ccccc12)N1CCC[C@@]2(C1)C(=O)NC[C@H]2O. The van der Waals surface area contributed by atoms with E-state index in [0.717, 1.165) is 28.8 Å². The molecule has 2 saturated heterocycles. The van der Waals surface area contributed by atoms with Crippen molar-refractivity contribution >= 4 is 41.3 Å². The van der Waals surface area contributed by atoms with Crippen molar-refractivity contribution in [1.82, 2.24) is 20.5 Å². The lowest BCUT2D eigenvalue weighted by molar-refractivity contribution is -0.133. The van der Waals surface area contributed by atoms with Crippen molar-refractivity contribution in [3.63, 3.8) is 0 Å². The molecule has 2 aliphatic heterocycles. The van der Waals surface area contributed by atoms with Crippen LogP contribution in [0.5, 0.6) is 0 Å². The third kappa shape index (κ3) is 3.19. The number of aromatic amines is 1. The molecule has 0 bridgehead atoms. The maximum atomic E-state index is 12.6. The second-order valence-corrected chi connectivity index (χ2v) is 7.54. The van der Waals surface area contributed by atoms with Crippen LogP contribution in [0, 0.1) is 5.41 Å². The number of carbonyl (C=O) groups excluding carboxylic acids is 2. The molecular formula is C21H25N5O3. The number of nitrogens with zero attached hydrogens (tertiary/aromatic N) is 2. The second-order valence-electron chi connectivity index (χ2n) is 7.54. The van der Waals surface area contributed by atoms with E-state index < -0.39 is 11.5 Å². The third-order valence-electron chi connectivity index (χ3n) is 5.88. The Balaban J connectivity index is 1.95. The van der Waals surface area contributed by atoms with Gasteiger partial charge < -0.3 is 25.6 Å². The summed E-state index contributed by atoms with van der Waals surface area (Å²) in [6.07, 6.45) is 4.50. The lowest BCUT2D eigenvalue weighted by Crippen LogP contribution is -2.52. The maximum absolute atomic E-state index is 12.6. The van der Waals surface area contributed by atoms with Crippen LogP contribution in [0.4, 0.5) is 0 Å². The molecule has 1 amide bonds.